The van der Waals surface area contributed by atoms with Crippen molar-refractivity contribution in [2.45, 2.75) is 67.2 Å². The normalized spacial score (nSPS) is 10.9. The Balaban J connectivity index is 0. The Morgan fingerprint density at radius 3 is 1.92 bits per heavy atom. The molecule has 3 heteroatoms. The molecule has 0 bridgehead atoms. The average molecular weight is 510 g/mol. The summed E-state index contributed by atoms with van der Waals surface area (Å²) in [7, 11) is 0. The number of aliphatic hydroxyl groups is 1. The van der Waals surface area contributed by atoms with Gasteiger partial charge in [0, 0.05) is 38.0 Å². The van der Waals surface area contributed by atoms with Gasteiger partial charge in [0.15, 0.2) is 5.78 Å². The van der Waals surface area contributed by atoms with E-state index in [2.05, 4.69) is 19.1 Å². The fraction of sp³-hybridized carbons (Fsp3) is 0.571. The zero-order chi connectivity index (χ0) is 17.8. The number of aryl methyl sites for hydroxylation is 2. The number of rotatable bonds is 7. The van der Waals surface area contributed by atoms with E-state index in [-0.39, 0.29) is 43.5 Å². The summed E-state index contributed by atoms with van der Waals surface area (Å²) >= 11 is 0. The van der Waals surface area contributed by atoms with Gasteiger partial charge >= 0.3 is 0 Å². The van der Waals surface area contributed by atoms with Gasteiger partial charge in [-0.1, -0.05) is 41.5 Å². The molecule has 0 saturated heterocycles. The third-order valence-electron chi connectivity index (χ3n) is 4.18. The van der Waals surface area contributed by atoms with E-state index >= 15 is 0 Å². The summed E-state index contributed by atoms with van der Waals surface area (Å²) in [5, 5.41) is 9.76. The van der Waals surface area contributed by atoms with Crippen molar-refractivity contribution in [3.05, 3.63) is 47.2 Å². The first-order valence-corrected chi connectivity index (χ1v) is 8.78. The first-order chi connectivity index (χ1) is 10.9. The molecule has 1 aromatic rings. The Morgan fingerprint density at radius 2 is 1.58 bits per heavy atom. The largest absolute Gasteiger partial charge is 0.512 e. The minimum atomic E-state index is 0. The van der Waals surface area contributed by atoms with Crippen molar-refractivity contribution in [2.75, 3.05) is 0 Å². The number of carbonyl (C=O) groups excluding carboxylic acids is 1. The second-order valence-electron chi connectivity index (χ2n) is 6.05. The molecule has 0 saturated carbocycles. The van der Waals surface area contributed by atoms with Crippen LogP contribution < -0.4 is 0 Å². The first-order valence-electron chi connectivity index (χ1n) is 8.78. The van der Waals surface area contributed by atoms with Gasteiger partial charge < -0.3 is 5.11 Å². The number of hydrogen-bond donors (Lipinski definition) is 1. The third-order valence-corrected chi connectivity index (χ3v) is 4.18. The van der Waals surface area contributed by atoms with E-state index in [9.17, 15) is 9.90 Å². The molecule has 0 aliphatic heterocycles. The van der Waals surface area contributed by atoms with Crippen molar-refractivity contribution in [2.24, 2.45) is 11.8 Å². The molecular formula is C21H33IrO2-. The maximum atomic E-state index is 11.7. The topological polar surface area (TPSA) is 37.3 Å². The van der Waals surface area contributed by atoms with Gasteiger partial charge in [0.2, 0.25) is 0 Å². The van der Waals surface area contributed by atoms with E-state index in [1.807, 2.05) is 46.8 Å². The van der Waals surface area contributed by atoms with Gasteiger partial charge in [0.25, 0.3) is 0 Å². The molecule has 0 aliphatic rings. The summed E-state index contributed by atoms with van der Waals surface area (Å²) in [6.45, 7) is 12.2. The number of carbonyl (C=O) groups is 1. The van der Waals surface area contributed by atoms with E-state index in [0.29, 0.717) is 0 Å². The van der Waals surface area contributed by atoms with E-state index in [4.69, 9.17) is 0 Å². The Labute approximate surface area is 162 Å². The van der Waals surface area contributed by atoms with Crippen molar-refractivity contribution in [3.63, 3.8) is 0 Å². The molecule has 24 heavy (non-hydrogen) atoms. The standard InChI is InChI=1S/C13H24O2.C8H9.Ir/c1-5-10(6-2)12(14)9-13(15)11(7-3)8-4;1-7-4-3-5-8(2)6-7;/h9-11,14H,5-8H2,1-4H3;3-4,6H,1-2H3;/q;-1;/b12-9-;;. The number of hydrogen-bond acceptors (Lipinski definition) is 2. The van der Waals surface area contributed by atoms with Gasteiger partial charge in [-0.05, 0) is 25.7 Å². The molecule has 1 N–H and O–H groups in total. The molecule has 0 unspecified atom stereocenters. The van der Waals surface area contributed by atoms with Gasteiger partial charge in [-0.15, -0.1) is 0 Å². The molecule has 1 radical (unpaired) electrons. The van der Waals surface area contributed by atoms with Crippen molar-refractivity contribution < 1.29 is 30.0 Å². The molecule has 0 fully saturated rings. The second kappa shape index (κ2) is 14.4. The molecule has 0 aliphatic carbocycles. The maximum Gasteiger partial charge on any atom is 0.162 e. The predicted octanol–water partition coefficient (Wildman–Crippen LogP) is 5.97. The van der Waals surface area contributed by atoms with Crippen LogP contribution >= 0.6 is 0 Å². The van der Waals surface area contributed by atoms with Crippen LogP contribution in [0.5, 0.6) is 0 Å². The fourth-order valence-electron chi connectivity index (χ4n) is 2.52. The van der Waals surface area contributed by atoms with Crippen molar-refractivity contribution >= 4 is 5.78 Å². The zero-order valence-electron chi connectivity index (χ0n) is 16.0. The molecule has 0 amide bonds. The summed E-state index contributed by atoms with van der Waals surface area (Å²) in [6.07, 6.45) is 4.91. The SMILES string of the molecule is CCC(CC)C(=O)/C=C(\O)C(CC)CC.Cc1[c-]ccc(C)c1.[Ir]. The van der Waals surface area contributed by atoms with Crippen molar-refractivity contribution in [1.29, 1.82) is 0 Å². The molecular weight excluding hydrogens is 476 g/mol. The van der Waals surface area contributed by atoms with Crippen molar-refractivity contribution in [1.82, 2.24) is 0 Å². The molecule has 139 valence electrons. The predicted molar refractivity (Wildman–Crippen MR) is 98.6 cm³/mol. The summed E-state index contributed by atoms with van der Waals surface area (Å²) in [5.74, 6) is 0.547. The van der Waals surface area contributed by atoms with Crippen LogP contribution in [0.15, 0.2) is 30.0 Å². The van der Waals surface area contributed by atoms with Gasteiger partial charge in [-0.2, -0.15) is 35.4 Å². The van der Waals surface area contributed by atoms with Crippen LogP contribution in [0, 0.1) is 31.7 Å². The van der Waals surface area contributed by atoms with Crippen LogP contribution in [-0.4, -0.2) is 10.9 Å². The quantitative estimate of drug-likeness (QED) is 0.279. The van der Waals surface area contributed by atoms with Crippen LogP contribution in [0.2, 0.25) is 0 Å². The Bertz CT molecular complexity index is 469. The maximum absolute atomic E-state index is 11.7. The van der Waals surface area contributed by atoms with E-state index in [1.165, 1.54) is 17.2 Å². The first kappa shape index (κ1) is 25.3. The van der Waals surface area contributed by atoms with Gasteiger partial charge in [-0.25, -0.2) is 0 Å². The molecule has 0 heterocycles. The number of benzene rings is 1. The molecule has 1 aromatic carbocycles. The second-order valence-corrected chi connectivity index (χ2v) is 6.05. The molecule has 1 rings (SSSR count). The minimum Gasteiger partial charge on any atom is -0.512 e. The zero-order valence-corrected chi connectivity index (χ0v) is 18.4. The fourth-order valence-corrected chi connectivity index (χ4v) is 2.52. The van der Waals surface area contributed by atoms with Crippen LogP contribution in [0.1, 0.15) is 64.5 Å². The number of allylic oxidation sites excluding steroid dienone is 2. The Morgan fingerprint density at radius 1 is 1.08 bits per heavy atom. The number of aliphatic hydroxyl groups excluding tert-OH is 1. The summed E-state index contributed by atoms with van der Waals surface area (Å²) in [5.41, 5.74) is 2.52. The average Bonchev–Trinajstić information content (AvgIpc) is 2.50. The molecule has 0 spiro atoms. The minimum absolute atomic E-state index is 0. The van der Waals surface area contributed by atoms with Crippen LogP contribution in [0.25, 0.3) is 0 Å². The van der Waals surface area contributed by atoms with E-state index in [0.717, 1.165) is 25.7 Å². The Hall–Kier alpha value is -0.921. The number of ketones is 1. The van der Waals surface area contributed by atoms with Crippen LogP contribution in [0.3, 0.4) is 0 Å². The smallest absolute Gasteiger partial charge is 0.162 e. The van der Waals surface area contributed by atoms with Crippen molar-refractivity contribution in [3.8, 4) is 0 Å². The van der Waals surface area contributed by atoms with Gasteiger partial charge in [-0.3, -0.25) is 4.79 Å². The summed E-state index contributed by atoms with van der Waals surface area (Å²) in [4.78, 5) is 11.7. The van der Waals surface area contributed by atoms with Gasteiger partial charge in [0.05, 0.1) is 5.76 Å². The molecule has 2 nitrogen and oxygen atoms in total. The van der Waals surface area contributed by atoms with Gasteiger partial charge in [0.1, 0.15) is 0 Å². The monoisotopic (exact) mass is 510 g/mol. The summed E-state index contributed by atoms with van der Waals surface area (Å²) < 4.78 is 0. The Kier molecular flexibility index (Phi) is 15.2. The van der Waals surface area contributed by atoms with Crippen LogP contribution in [0.4, 0.5) is 0 Å². The van der Waals surface area contributed by atoms with Crippen LogP contribution in [-0.2, 0) is 24.9 Å². The van der Waals surface area contributed by atoms with E-state index in [1.54, 1.807) is 0 Å². The molecule has 0 atom stereocenters. The summed E-state index contributed by atoms with van der Waals surface area (Å²) in [6, 6.07) is 9.18. The molecule has 0 aromatic heterocycles. The third kappa shape index (κ3) is 10.1. The van der Waals surface area contributed by atoms with E-state index < -0.39 is 0 Å².